The minimum Gasteiger partial charge on any atom is -0.381 e. The number of rotatable bonds is 4. The Morgan fingerprint density at radius 3 is 2.73 bits per heavy atom. The number of methoxy groups -OCH3 is 1. The van der Waals surface area contributed by atoms with Gasteiger partial charge in [0.25, 0.3) is 0 Å². The summed E-state index contributed by atoms with van der Waals surface area (Å²) in [6, 6.07) is 5.49. The maximum Gasteiger partial charge on any atom is 0.140 e. The topological polar surface area (TPSA) is 57.9 Å². The lowest BCUT2D eigenvalue weighted by Crippen LogP contribution is -2.32. The average Bonchev–Trinajstić information content (AvgIpc) is 2.27. The summed E-state index contributed by atoms with van der Waals surface area (Å²) in [5.74, 6) is 0. The van der Waals surface area contributed by atoms with Crippen LogP contribution in [0.2, 0.25) is 0 Å². The molecule has 0 radical (unpaired) electrons. The SMILES string of the molecule is COC(C)(C)CNc1ccc(C#N)nc1. The molecular formula is C11H15N3O. The Bertz CT molecular complexity index is 351. The van der Waals surface area contributed by atoms with Gasteiger partial charge in [-0.25, -0.2) is 4.98 Å². The van der Waals surface area contributed by atoms with Gasteiger partial charge in [-0.3, -0.25) is 0 Å². The molecule has 4 nitrogen and oxygen atoms in total. The van der Waals surface area contributed by atoms with Crippen LogP contribution in [0.1, 0.15) is 19.5 Å². The number of ether oxygens (including phenoxy) is 1. The van der Waals surface area contributed by atoms with Gasteiger partial charge in [0.1, 0.15) is 11.8 Å². The van der Waals surface area contributed by atoms with E-state index in [1.165, 1.54) is 0 Å². The van der Waals surface area contributed by atoms with Crippen molar-refractivity contribution in [2.24, 2.45) is 0 Å². The maximum atomic E-state index is 8.57. The summed E-state index contributed by atoms with van der Waals surface area (Å²) >= 11 is 0. The van der Waals surface area contributed by atoms with E-state index in [0.717, 1.165) is 5.69 Å². The third kappa shape index (κ3) is 3.56. The van der Waals surface area contributed by atoms with Gasteiger partial charge in [-0.05, 0) is 26.0 Å². The van der Waals surface area contributed by atoms with Crippen molar-refractivity contribution in [1.82, 2.24) is 4.98 Å². The molecule has 0 aromatic carbocycles. The molecule has 0 unspecified atom stereocenters. The highest BCUT2D eigenvalue weighted by molar-refractivity contribution is 5.42. The molecule has 1 N–H and O–H groups in total. The summed E-state index contributed by atoms with van der Waals surface area (Å²) in [7, 11) is 1.68. The second-order valence-electron chi connectivity index (χ2n) is 3.86. The van der Waals surface area contributed by atoms with E-state index in [2.05, 4.69) is 10.3 Å². The van der Waals surface area contributed by atoms with Gasteiger partial charge < -0.3 is 10.1 Å². The van der Waals surface area contributed by atoms with Crippen molar-refractivity contribution in [3.05, 3.63) is 24.0 Å². The lowest BCUT2D eigenvalue weighted by molar-refractivity contribution is 0.0344. The molecule has 0 saturated heterocycles. The molecule has 1 heterocycles. The molecule has 0 fully saturated rings. The lowest BCUT2D eigenvalue weighted by Gasteiger charge is -2.23. The van der Waals surface area contributed by atoms with E-state index in [9.17, 15) is 0 Å². The quantitative estimate of drug-likeness (QED) is 0.814. The van der Waals surface area contributed by atoms with Gasteiger partial charge in [0.2, 0.25) is 0 Å². The van der Waals surface area contributed by atoms with Crippen molar-refractivity contribution in [3.8, 4) is 6.07 Å². The minimum absolute atomic E-state index is 0.214. The average molecular weight is 205 g/mol. The number of nitriles is 1. The molecule has 1 aromatic heterocycles. The number of nitrogens with zero attached hydrogens (tertiary/aromatic N) is 2. The van der Waals surface area contributed by atoms with Crippen LogP contribution in [0.5, 0.6) is 0 Å². The molecule has 0 atom stereocenters. The van der Waals surface area contributed by atoms with Gasteiger partial charge in [-0.1, -0.05) is 0 Å². The summed E-state index contributed by atoms with van der Waals surface area (Å²) in [5, 5.41) is 11.8. The Hall–Kier alpha value is -1.60. The predicted molar refractivity (Wildman–Crippen MR) is 58.5 cm³/mol. The normalized spacial score (nSPS) is 10.8. The van der Waals surface area contributed by atoms with Gasteiger partial charge in [0.05, 0.1) is 17.5 Å². The first-order chi connectivity index (χ1) is 7.07. The van der Waals surface area contributed by atoms with Gasteiger partial charge in [-0.15, -0.1) is 0 Å². The fraction of sp³-hybridized carbons (Fsp3) is 0.455. The number of anilines is 1. The van der Waals surface area contributed by atoms with E-state index in [1.54, 1.807) is 19.4 Å². The number of nitrogens with one attached hydrogen (secondary N) is 1. The van der Waals surface area contributed by atoms with E-state index in [1.807, 2.05) is 26.0 Å². The summed E-state index contributed by atoms with van der Waals surface area (Å²) in [5.41, 5.74) is 1.10. The molecule has 80 valence electrons. The first kappa shape index (κ1) is 11.5. The van der Waals surface area contributed by atoms with Gasteiger partial charge >= 0.3 is 0 Å². The molecule has 0 aliphatic heterocycles. The Morgan fingerprint density at radius 2 is 2.27 bits per heavy atom. The van der Waals surface area contributed by atoms with Crippen molar-refractivity contribution in [2.75, 3.05) is 19.0 Å². The molecule has 0 saturated carbocycles. The minimum atomic E-state index is -0.214. The lowest BCUT2D eigenvalue weighted by atomic mass is 10.1. The highest BCUT2D eigenvalue weighted by atomic mass is 16.5. The zero-order chi connectivity index (χ0) is 11.3. The smallest absolute Gasteiger partial charge is 0.140 e. The maximum absolute atomic E-state index is 8.57. The Labute approximate surface area is 89.9 Å². The van der Waals surface area contributed by atoms with Crippen LogP contribution >= 0.6 is 0 Å². The first-order valence-electron chi connectivity index (χ1n) is 4.72. The number of hydrogen-bond donors (Lipinski definition) is 1. The first-order valence-corrected chi connectivity index (χ1v) is 4.72. The van der Waals surface area contributed by atoms with Crippen LogP contribution in [0.4, 0.5) is 5.69 Å². The monoisotopic (exact) mass is 205 g/mol. The van der Waals surface area contributed by atoms with Gasteiger partial charge in [-0.2, -0.15) is 5.26 Å². The van der Waals surface area contributed by atoms with E-state index >= 15 is 0 Å². The number of hydrogen-bond acceptors (Lipinski definition) is 4. The highest BCUT2D eigenvalue weighted by Gasteiger charge is 2.15. The van der Waals surface area contributed by atoms with Crippen LogP contribution in [-0.2, 0) is 4.74 Å². The molecule has 0 spiro atoms. The number of pyridine rings is 1. The summed E-state index contributed by atoms with van der Waals surface area (Å²) in [4.78, 5) is 3.96. The molecule has 4 heteroatoms. The molecule has 1 aromatic rings. The van der Waals surface area contributed by atoms with E-state index in [4.69, 9.17) is 10.00 Å². The van der Waals surface area contributed by atoms with Crippen LogP contribution in [-0.4, -0.2) is 24.2 Å². The zero-order valence-electron chi connectivity index (χ0n) is 9.24. The van der Waals surface area contributed by atoms with E-state index < -0.39 is 0 Å². The zero-order valence-corrected chi connectivity index (χ0v) is 9.24. The van der Waals surface area contributed by atoms with Crippen molar-refractivity contribution < 1.29 is 4.74 Å². The third-order valence-corrected chi connectivity index (χ3v) is 2.15. The number of aromatic nitrogens is 1. The molecule has 0 bridgehead atoms. The molecule has 1 rings (SSSR count). The summed E-state index contributed by atoms with van der Waals surface area (Å²) in [6.07, 6.45) is 1.64. The highest BCUT2D eigenvalue weighted by Crippen LogP contribution is 2.11. The molecule has 0 amide bonds. The van der Waals surface area contributed by atoms with Crippen LogP contribution in [0, 0.1) is 11.3 Å². The van der Waals surface area contributed by atoms with Gasteiger partial charge in [0, 0.05) is 13.7 Å². The summed E-state index contributed by atoms with van der Waals surface area (Å²) < 4.78 is 5.27. The summed E-state index contributed by atoms with van der Waals surface area (Å²) in [6.45, 7) is 4.69. The van der Waals surface area contributed by atoms with Crippen molar-refractivity contribution in [1.29, 1.82) is 5.26 Å². The predicted octanol–water partition coefficient (Wildman–Crippen LogP) is 1.79. The van der Waals surface area contributed by atoms with Gasteiger partial charge in [0.15, 0.2) is 0 Å². The molecule has 0 aliphatic carbocycles. The van der Waals surface area contributed by atoms with Crippen molar-refractivity contribution >= 4 is 5.69 Å². The van der Waals surface area contributed by atoms with Crippen LogP contribution in [0.3, 0.4) is 0 Å². The van der Waals surface area contributed by atoms with E-state index in [-0.39, 0.29) is 5.60 Å². The molecule has 0 aliphatic rings. The third-order valence-electron chi connectivity index (χ3n) is 2.15. The largest absolute Gasteiger partial charge is 0.381 e. The molecular weight excluding hydrogens is 190 g/mol. The fourth-order valence-electron chi connectivity index (χ4n) is 0.952. The van der Waals surface area contributed by atoms with Crippen molar-refractivity contribution in [3.63, 3.8) is 0 Å². The Kier molecular flexibility index (Phi) is 3.64. The second-order valence-corrected chi connectivity index (χ2v) is 3.86. The Balaban J connectivity index is 2.56. The molecule has 15 heavy (non-hydrogen) atoms. The van der Waals surface area contributed by atoms with Crippen LogP contribution in [0.25, 0.3) is 0 Å². The Morgan fingerprint density at radius 1 is 1.53 bits per heavy atom. The second kappa shape index (κ2) is 4.76. The van der Waals surface area contributed by atoms with Crippen LogP contribution in [0.15, 0.2) is 18.3 Å². The standard InChI is InChI=1S/C11H15N3O/c1-11(2,15-3)8-14-10-5-4-9(6-12)13-7-10/h4-5,7,14H,8H2,1-3H3. The van der Waals surface area contributed by atoms with Crippen molar-refractivity contribution in [2.45, 2.75) is 19.4 Å². The van der Waals surface area contributed by atoms with E-state index in [0.29, 0.717) is 12.2 Å². The van der Waals surface area contributed by atoms with Crippen LogP contribution < -0.4 is 5.32 Å². The fourth-order valence-corrected chi connectivity index (χ4v) is 0.952.